The van der Waals surface area contributed by atoms with Gasteiger partial charge in [0.25, 0.3) is 0 Å². The number of rotatable bonds is 6. The normalized spacial score (nSPS) is 10.7. The summed E-state index contributed by atoms with van der Waals surface area (Å²) >= 11 is 1.48. The molecular formula is C23H19FN4OS. The maximum Gasteiger partial charge on any atom is 0.234 e. The van der Waals surface area contributed by atoms with Crippen molar-refractivity contribution in [3.8, 4) is 17.1 Å². The summed E-state index contributed by atoms with van der Waals surface area (Å²) in [6.45, 7) is 1.76. The molecule has 30 heavy (non-hydrogen) atoms. The van der Waals surface area contributed by atoms with E-state index in [0.717, 1.165) is 10.6 Å². The van der Waals surface area contributed by atoms with E-state index in [0.29, 0.717) is 28.7 Å². The quantitative estimate of drug-likeness (QED) is 0.442. The van der Waals surface area contributed by atoms with Crippen molar-refractivity contribution in [2.75, 3.05) is 11.1 Å². The Hall–Kier alpha value is -3.45. The van der Waals surface area contributed by atoms with Crippen LogP contribution in [-0.2, 0) is 4.79 Å². The molecule has 0 aliphatic rings. The lowest BCUT2D eigenvalue weighted by atomic mass is 10.2. The third kappa shape index (κ3) is 4.58. The molecule has 1 aromatic heterocycles. The number of amides is 1. The van der Waals surface area contributed by atoms with Gasteiger partial charge in [-0.2, -0.15) is 5.10 Å². The largest absolute Gasteiger partial charge is 0.325 e. The Bertz CT molecular complexity index is 1160. The monoisotopic (exact) mass is 418 g/mol. The summed E-state index contributed by atoms with van der Waals surface area (Å²) in [6.07, 6.45) is 0. The molecule has 4 aromatic rings. The zero-order valence-electron chi connectivity index (χ0n) is 16.2. The van der Waals surface area contributed by atoms with Crippen molar-refractivity contribution in [2.24, 2.45) is 0 Å². The summed E-state index contributed by atoms with van der Waals surface area (Å²) in [4.78, 5) is 17.6. The average Bonchev–Trinajstić information content (AvgIpc) is 3.15. The number of nitrogens with one attached hydrogen (secondary N) is 1. The van der Waals surface area contributed by atoms with Crippen molar-refractivity contribution >= 4 is 23.4 Å². The van der Waals surface area contributed by atoms with Gasteiger partial charge in [0.15, 0.2) is 5.82 Å². The number of halogens is 1. The predicted octanol–water partition coefficient (Wildman–Crippen LogP) is 5.11. The molecule has 0 bridgehead atoms. The number of carbonyl (C=O) groups is 1. The van der Waals surface area contributed by atoms with Crippen molar-refractivity contribution in [3.63, 3.8) is 0 Å². The number of thioether (sulfide) groups is 1. The van der Waals surface area contributed by atoms with Crippen LogP contribution in [0.5, 0.6) is 0 Å². The average molecular weight is 418 g/mol. The van der Waals surface area contributed by atoms with Gasteiger partial charge in [-0.25, -0.2) is 14.1 Å². The molecule has 0 radical (unpaired) electrons. The van der Waals surface area contributed by atoms with Crippen LogP contribution in [0.3, 0.4) is 0 Å². The van der Waals surface area contributed by atoms with E-state index in [2.05, 4.69) is 15.4 Å². The van der Waals surface area contributed by atoms with Crippen LogP contribution in [0.25, 0.3) is 17.1 Å². The van der Waals surface area contributed by atoms with E-state index in [1.54, 1.807) is 41.9 Å². The molecule has 3 aromatic carbocycles. The van der Waals surface area contributed by atoms with Crippen LogP contribution < -0.4 is 5.32 Å². The zero-order chi connectivity index (χ0) is 20.9. The number of anilines is 1. The summed E-state index contributed by atoms with van der Waals surface area (Å²) < 4.78 is 15.9. The third-order valence-corrected chi connectivity index (χ3v) is 5.35. The van der Waals surface area contributed by atoms with Gasteiger partial charge < -0.3 is 5.32 Å². The van der Waals surface area contributed by atoms with Gasteiger partial charge in [-0.1, -0.05) is 30.3 Å². The van der Waals surface area contributed by atoms with Crippen LogP contribution >= 0.6 is 11.8 Å². The minimum atomic E-state index is -0.356. The lowest BCUT2D eigenvalue weighted by Crippen LogP contribution is -2.14. The van der Waals surface area contributed by atoms with E-state index in [-0.39, 0.29) is 11.7 Å². The third-order valence-electron chi connectivity index (χ3n) is 4.34. The van der Waals surface area contributed by atoms with E-state index >= 15 is 0 Å². The SMILES string of the molecule is Cc1nc(-c2ccccc2F)n(-c2ccc(NC(=O)CSc3ccccc3)cc2)n1. The molecule has 5 nitrogen and oxygen atoms in total. The van der Waals surface area contributed by atoms with Crippen molar-refractivity contribution in [2.45, 2.75) is 11.8 Å². The topological polar surface area (TPSA) is 59.8 Å². The molecule has 0 atom stereocenters. The molecule has 0 unspecified atom stereocenters. The molecule has 0 spiro atoms. The molecule has 0 fully saturated rings. The number of hydrogen-bond donors (Lipinski definition) is 1. The second-order valence-electron chi connectivity index (χ2n) is 6.57. The standard InChI is InChI=1S/C23H19FN4OS/c1-16-25-23(20-9-5-6-10-21(20)24)28(27-16)18-13-11-17(12-14-18)26-22(29)15-30-19-7-3-2-4-8-19/h2-14H,15H2,1H3,(H,26,29). The smallest absolute Gasteiger partial charge is 0.234 e. The first-order chi connectivity index (χ1) is 14.6. The van der Waals surface area contributed by atoms with Gasteiger partial charge in [0.05, 0.1) is 17.0 Å². The van der Waals surface area contributed by atoms with E-state index in [9.17, 15) is 9.18 Å². The Morgan fingerprint density at radius 2 is 1.70 bits per heavy atom. The number of nitrogens with zero attached hydrogens (tertiary/aromatic N) is 3. The molecular weight excluding hydrogens is 399 g/mol. The zero-order valence-corrected chi connectivity index (χ0v) is 17.1. The predicted molar refractivity (Wildman–Crippen MR) is 117 cm³/mol. The second kappa shape index (κ2) is 8.92. The van der Waals surface area contributed by atoms with E-state index in [1.807, 2.05) is 42.5 Å². The number of aryl methyl sites for hydroxylation is 1. The number of hydrogen-bond acceptors (Lipinski definition) is 4. The molecule has 150 valence electrons. The first-order valence-electron chi connectivity index (χ1n) is 9.37. The lowest BCUT2D eigenvalue weighted by Gasteiger charge is -2.09. The van der Waals surface area contributed by atoms with Crippen LogP contribution in [0.2, 0.25) is 0 Å². The first kappa shape index (κ1) is 19.8. The Morgan fingerprint density at radius 3 is 2.43 bits per heavy atom. The Labute approximate surface area is 178 Å². The lowest BCUT2D eigenvalue weighted by molar-refractivity contribution is -0.113. The molecule has 1 N–H and O–H groups in total. The minimum absolute atomic E-state index is 0.0831. The maximum absolute atomic E-state index is 14.3. The van der Waals surface area contributed by atoms with Gasteiger partial charge in [-0.3, -0.25) is 4.79 Å². The molecule has 0 aliphatic carbocycles. The molecule has 1 amide bonds. The molecule has 0 aliphatic heterocycles. The number of aromatic nitrogens is 3. The highest BCUT2D eigenvalue weighted by Crippen LogP contribution is 2.24. The van der Waals surface area contributed by atoms with Crippen LogP contribution in [0.1, 0.15) is 5.82 Å². The highest BCUT2D eigenvalue weighted by Gasteiger charge is 2.15. The van der Waals surface area contributed by atoms with Crippen LogP contribution in [0, 0.1) is 12.7 Å². The fourth-order valence-corrected chi connectivity index (χ4v) is 3.68. The Morgan fingerprint density at radius 1 is 1.00 bits per heavy atom. The molecule has 7 heteroatoms. The van der Waals surface area contributed by atoms with E-state index in [4.69, 9.17) is 0 Å². The fraction of sp³-hybridized carbons (Fsp3) is 0.0870. The molecule has 4 rings (SSSR count). The van der Waals surface area contributed by atoms with Crippen molar-refractivity contribution in [1.82, 2.24) is 14.8 Å². The van der Waals surface area contributed by atoms with E-state index < -0.39 is 0 Å². The van der Waals surface area contributed by atoms with E-state index in [1.165, 1.54) is 17.8 Å². The summed E-state index contributed by atoms with van der Waals surface area (Å²) in [5.41, 5.74) is 1.79. The maximum atomic E-state index is 14.3. The van der Waals surface area contributed by atoms with Crippen LogP contribution in [-0.4, -0.2) is 26.4 Å². The van der Waals surface area contributed by atoms with Crippen LogP contribution in [0.4, 0.5) is 10.1 Å². The summed E-state index contributed by atoms with van der Waals surface area (Å²) in [5.74, 6) is 0.863. The second-order valence-corrected chi connectivity index (χ2v) is 7.62. The molecule has 0 saturated heterocycles. The number of carbonyl (C=O) groups excluding carboxylic acids is 1. The molecule has 1 heterocycles. The first-order valence-corrected chi connectivity index (χ1v) is 10.4. The van der Waals surface area contributed by atoms with Crippen molar-refractivity contribution in [3.05, 3.63) is 90.5 Å². The highest BCUT2D eigenvalue weighted by atomic mass is 32.2. The number of benzene rings is 3. The molecule has 0 saturated carbocycles. The van der Waals surface area contributed by atoms with Gasteiger partial charge in [0.1, 0.15) is 11.6 Å². The van der Waals surface area contributed by atoms with Crippen molar-refractivity contribution in [1.29, 1.82) is 0 Å². The Kier molecular flexibility index (Phi) is 5.90. The van der Waals surface area contributed by atoms with Crippen molar-refractivity contribution < 1.29 is 9.18 Å². The van der Waals surface area contributed by atoms with Gasteiger partial charge in [-0.15, -0.1) is 11.8 Å². The summed E-state index contributed by atoms with van der Waals surface area (Å²) in [7, 11) is 0. The van der Waals surface area contributed by atoms with Gasteiger partial charge in [-0.05, 0) is 55.5 Å². The summed E-state index contributed by atoms with van der Waals surface area (Å²) in [5, 5.41) is 7.29. The van der Waals surface area contributed by atoms with Gasteiger partial charge in [0.2, 0.25) is 5.91 Å². The highest BCUT2D eigenvalue weighted by molar-refractivity contribution is 8.00. The fourth-order valence-electron chi connectivity index (χ4n) is 2.96. The van der Waals surface area contributed by atoms with Gasteiger partial charge >= 0.3 is 0 Å². The van der Waals surface area contributed by atoms with Crippen LogP contribution in [0.15, 0.2) is 83.8 Å². The summed E-state index contributed by atoms with van der Waals surface area (Å²) in [6, 6.07) is 23.5. The van der Waals surface area contributed by atoms with Gasteiger partial charge in [0, 0.05) is 10.6 Å². The minimum Gasteiger partial charge on any atom is -0.325 e. The Balaban J connectivity index is 1.48.